The Morgan fingerprint density at radius 2 is 1.78 bits per heavy atom. The van der Waals surface area contributed by atoms with Crippen molar-refractivity contribution < 1.29 is 23.8 Å². The van der Waals surface area contributed by atoms with E-state index < -0.39 is 23.5 Å². The topological polar surface area (TPSA) is 87.9 Å². The summed E-state index contributed by atoms with van der Waals surface area (Å²) in [6.45, 7) is 7.43. The first-order valence-electron chi connectivity index (χ1n) is 9.02. The van der Waals surface area contributed by atoms with Crippen LogP contribution in [0, 0.1) is 5.92 Å². The van der Waals surface area contributed by atoms with Gasteiger partial charge in [-0.1, -0.05) is 12.1 Å². The van der Waals surface area contributed by atoms with Gasteiger partial charge in [-0.3, -0.25) is 9.59 Å². The molecule has 1 rings (SSSR count). The van der Waals surface area contributed by atoms with Gasteiger partial charge in [0, 0.05) is 11.5 Å². The van der Waals surface area contributed by atoms with Crippen molar-refractivity contribution in [3.63, 3.8) is 0 Å². The molecule has 0 spiro atoms. The molecule has 2 N–H and O–H groups in total. The lowest BCUT2D eigenvalue weighted by Gasteiger charge is -2.25. The fourth-order valence-electron chi connectivity index (χ4n) is 2.31. The maximum atomic E-state index is 12.5. The van der Waals surface area contributed by atoms with Crippen LogP contribution >= 0.6 is 11.8 Å². The molecule has 1 unspecified atom stereocenters. The van der Waals surface area contributed by atoms with Crippen molar-refractivity contribution in [2.24, 2.45) is 11.7 Å². The number of benzene rings is 1. The summed E-state index contributed by atoms with van der Waals surface area (Å²) in [5.74, 6) is 0.727. The van der Waals surface area contributed by atoms with Crippen molar-refractivity contribution in [2.45, 2.75) is 51.5 Å². The van der Waals surface area contributed by atoms with Crippen LogP contribution in [0.25, 0.3) is 0 Å². The van der Waals surface area contributed by atoms with E-state index >= 15 is 0 Å². The number of nitrogens with two attached hydrogens (primary N) is 1. The van der Waals surface area contributed by atoms with E-state index in [0.717, 1.165) is 17.1 Å². The molecule has 6 nitrogen and oxygen atoms in total. The zero-order valence-corrected chi connectivity index (χ0v) is 17.6. The lowest BCUT2D eigenvalue weighted by atomic mass is 10.0. The Morgan fingerprint density at radius 1 is 1.15 bits per heavy atom. The van der Waals surface area contributed by atoms with Crippen LogP contribution in [-0.2, 0) is 24.8 Å². The normalized spacial score (nSPS) is 13.6. The minimum absolute atomic E-state index is 0.198. The predicted molar refractivity (Wildman–Crippen MR) is 108 cm³/mol. The smallest absolute Gasteiger partial charge is 0.322 e. The van der Waals surface area contributed by atoms with Crippen molar-refractivity contribution in [3.8, 4) is 5.75 Å². The third kappa shape index (κ3) is 9.15. The SMILES string of the molecule is CCOC(=O)[C@H](N)CC(CSCc1ccc(OC)cc1)C(=O)OC(C)(C)C. The molecular weight excluding hydrogens is 366 g/mol. The molecule has 0 aromatic heterocycles. The van der Waals surface area contributed by atoms with Crippen LogP contribution < -0.4 is 10.5 Å². The van der Waals surface area contributed by atoms with Gasteiger partial charge in [0.05, 0.1) is 19.6 Å². The first kappa shape index (κ1) is 23.3. The molecule has 0 fully saturated rings. The van der Waals surface area contributed by atoms with Gasteiger partial charge in [-0.2, -0.15) is 11.8 Å². The predicted octanol–water partition coefficient (Wildman–Crippen LogP) is 3.17. The minimum atomic E-state index is -0.843. The second-order valence-electron chi connectivity index (χ2n) is 7.19. The lowest BCUT2D eigenvalue weighted by molar-refractivity contribution is -0.159. The van der Waals surface area contributed by atoms with E-state index in [9.17, 15) is 9.59 Å². The quantitative estimate of drug-likeness (QED) is 0.607. The molecule has 2 atom stereocenters. The Balaban J connectivity index is 2.68. The van der Waals surface area contributed by atoms with E-state index in [1.54, 1.807) is 25.8 Å². The van der Waals surface area contributed by atoms with Crippen LogP contribution in [0.4, 0.5) is 0 Å². The third-order valence-electron chi connectivity index (χ3n) is 3.61. The summed E-state index contributed by atoms with van der Waals surface area (Å²) in [7, 11) is 1.63. The average molecular weight is 398 g/mol. The molecule has 0 heterocycles. The minimum Gasteiger partial charge on any atom is -0.497 e. The maximum absolute atomic E-state index is 12.5. The molecule has 0 aliphatic rings. The highest BCUT2D eigenvalue weighted by Gasteiger charge is 2.29. The van der Waals surface area contributed by atoms with Gasteiger partial charge in [0.25, 0.3) is 0 Å². The van der Waals surface area contributed by atoms with Gasteiger partial charge < -0.3 is 19.9 Å². The van der Waals surface area contributed by atoms with Gasteiger partial charge >= 0.3 is 11.9 Å². The number of ether oxygens (including phenoxy) is 3. The summed E-state index contributed by atoms with van der Waals surface area (Å²) in [6, 6.07) is 6.93. The number of carbonyl (C=O) groups is 2. The second-order valence-corrected chi connectivity index (χ2v) is 8.22. The van der Waals surface area contributed by atoms with Gasteiger partial charge in [0.15, 0.2) is 0 Å². The summed E-state index contributed by atoms with van der Waals surface area (Å²) >= 11 is 1.60. The van der Waals surface area contributed by atoms with Crippen molar-refractivity contribution in [1.29, 1.82) is 0 Å². The van der Waals surface area contributed by atoms with Crippen LogP contribution in [0.3, 0.4) is 0 Å². The summed E-state index contributed by atoms with van der Waals surface area (Å²) < 4.78 is 15.6. The zero-order valence-electron chi connectivity index (χ0n) is 16.8. The molecule has 1 aromatic rings. The second kappa shape index (κ2) is 11.2. The molecule has 0 aliphatic carbocycles. The van der Waals surface area contributed by atoms with Gasteiger partial charge in [-0.05, 0) is 51.8 Å². The van der Waals surface area contributed by atoms with Gasteiger partial charge in [-0.25, -0.2) is 0 Å². The molecule has 0 bridgehead atoms. The van der Waals surface area contributed by atoms with Gasteiger partial charge in [0.1, 0.15) is 17.4 Å². The molecular formula is C20H31NO5S. The highest BCUT2D eigenvalue weighted by Crippen LogP contribution is 2.23. The van der Waals surface area contributed by atoms with Crippen molar-refractivity contribution in [2.75, 3.05) is 19.5 Å². The number of hydrogen-bond acceptors (Lipinski definition) is 7. The van der Waals surface area contributed by atoms with Crippen LogP contribution in [0.2, 0.25) is 0 Å². The molecule has 1 aromatic carbocycles. The average Bonchev–Trinajstić information content (AvgIpc) is 2.60. The number of carbonyl (C=O) groups excluding carboxylic acids is 2. The summed E-state index contributed by atoms with van der Waals surface area (Å²) in [6.07, 6.45) is 0.198. The van der Waals surface area contributed by atoms with Crippen molar-refractivity contribution in [1.82, 2.24) is 0 Å². The first-order chi connectivity index (χ1) is 12.7. The van der Waals surface area contributed by atoms with Crippen LogP contribution in [0.1, 0.15) is 39.7 Å². The van der Waals surface area contributed by atoms with Crippen LogP contribution in [0.15, 0.2) is 24.3 Å². The van der Waals surface area contributed by atoms with Gasteiger partial charge in [-0.15, -0.1) is 0 Å². The summed E-state index contributed by atoms with van der Waals surface area (Å²) in [5, 5.41) is 0. The fraction of sp³-hybridized carbons (Fsp3) is 0.600. The molecule has 152 valence electrons. The molecule has 0 amide bonds. The molecule has 0 aliphatic heterocycles. The Bertz CT molecular complexity index is 597. The zero-order chi connectivity index (χ0) is 20.4. The number of rotatable bonds is 10. The van der Waals surface area contributed by atoms with Crippen molar-refractivity contribution >= 4 is 23.7 Å². The Morgan fingerprint density at radius 3 is 2.30 bits per heavy atom. The van der Waals surface area contributed by atoms with E-state index in [1.165, 1.54) is 0 Å². The maximum Gasteiger partial charge on any atom is 0.322 e. The number of methoxy groups -OCH3 is 1. The van der Waals surface area contributed by atoms with E-state index in [4.69, 9.17) is 19.9 Å². The highest BCUT2D eigenvalue weighted by atomic mass is 32.2. The van der Waals surface area contributed by atoms with Gasteiger partial charge in [0.2, 0.25) is 0 Å². The molecule has 0 saturated heterocycles. The van der Waals surface area contributed by atoms with E-state index in [1.807, 2.05) is 45.0 Å². The van der Waals surface area contributed by atoms with Crippen LogP contribution in [-0.4, -0.2) is 43.1 Å². The number of esters is 2. The van der Waals surface area contributed by atoms with E-state index in [-0.39, 0.29) is 19.0 Å². The summed E-state index contributed by atoms with van der Waals surface area (Å²) in [5.41, 5.74) is 6.45. The number of thioether (sulfide) groups is 1. The molecule has 7 heteroatoms. The molecule has 0 saturated carbocycles. The number of hydrogen-bond donors (Lipinski definition) is 1. The van der Waals surface area contributed by atoms with E-state index in [0.29, 0.717) is 5.75 Å². The highest BCUT2D eigenvalue weighted by molar-refractivity contribution is 7.98. The first-order valence-corrected chi connectivity index (χ1v) is 10.2. The largest absolute Gasteiger partial charge is 0.497 e. The molecule has 0 radical (unpaired) electrons. The Hall–Kier alpha value is -1.73. The Kier molecular flexibility index (Phi) is 9.66. The summed E-state index contributed by atoms with van der Waals surface area (Å²) in [4.78, 5) is 24.4. The molecule has 27 heavy (non-hydrogen) atoms. The third-order valence-corrected chi connectivity index (χ3v) is 4.79. The van der Waals surface area contributed by atoms with Crippen LogP contribution in [0.5, 0.6) is 5.75 Å². The fourth-order valence-corrected chi connectivity index (χ4v) is 3.41. The van der Waals surface area contributed by atoms with E-state index in [2.05, 4.69) is 0 Å². The standard InChI is InChI=1S/C20H31NO5S/c1-6-25-19(23)17(21)11-15(18(22)26-20(2,3)4)13-27-12-14-7-9-16(24-5)10-8-14/h7-10,15,17H,6,11-13,21H2,1-5H3/t15?,17-/m1/s1. The lowest BCUT2D eigenvalue weighted by Crippen LogP contribution is -2.38. The Labute approximate surface area is 166 Å². The monoisotopic (exact) mass is 397 g/mol. The van der Waals surface area contributed by atoms with Crippen molar-refractivity contribution in [3.05, 3.63) is 29.8 Å².